The molecule has 0 fully saturated rings. The van der Waals surface area contributed by atoms with E-state index in [-0.39, 0.29) is 22.5 Å². The fourth-order valence-corrected chi connectivity index (χ4v) is 19.1. The van der Waals surface area contributed by atoms with Crippen LogP contribution in [0.2, 0.25) is 0 Å². The van der Waals surface area contributed by atoms with Crippen molar-refractivity contribution >= 4 is 87.5 Å². The summed E-state index contributed by atoms with van der Waals surface area (Å²) < 4.78 is 31.2. The summed E-state index contributed by atoms with van der Waals surface area (Å²) in [4.78, 5) is 2.10. The van der Waals surface area contributed by atoms with E-state index in [4.69, 9.17) is 0 Å². The molecule has 1 N–H and O–H groups in total. The molecular formula is C106H73BrF2N2. The number of halogens is 3. The molecule has 18 aromatic rings. The van der Waals surface area contributed by atoms with Gasteiger partial charge < -0.3 is 10.2 Å². The van der Waals surface area contributed by atoms with E-state index in [1.165, 1.54) is 172 Å². The van der Waals surface area contributed by atoms with Gasteiger partial charge in [-0.2, -0.15) is 0 Å². The van der Waals surface area contributed by atoms with Crippen molar-refractivity contribution in [1.82, 2.24) is 0 Å². The lowest BCUT2D eigenvalue weighted by Crippen LogP contribution is -2.16. The smallest absolute Gasteiger partial charge is 0.147 e. The lowest BCUT2D eigenvalue weighted by molar-refractivity contribution is 0.628. The Bertz CT molecular complexity index is 6810. The second kappa shape index (κ2) is 26.7. The van der Waals surface area contributed by atoms with Crippen LogP contribution >= 0.6 is 15.9 Å². The van der Waals surface area contributed by atoms with Gasteiger partial charge in [-0.1, -0.05) is 347 Å². The highest BCUT2D eigenvalue weighted by atomic mass is 79.9. The average molecular weight is 1490 g/mol. The summed E-state index contributed by atoms with van der Waals surface area (Å²) in [6.45, 7) is 9.05. The van der Waals surface area contributed by atoms with Crippen molar-refractivity contribution in [2.24, 2.45) is 0 Å². The Morgan fingerprint density at radius 2 is 0.586 bits per heavy atom. The highest BCUT2D eigenvalue weighted by Gasteiger charge is 2.40. The summed E-state index contributed by atoms with van der Waals surface area (Å²) in [5.41, 5.74) is 33.9. The molecule has 528 valence electrons. The Labute approximate surface area is 654 Å². The van der Waals surface area contributed by atoms with E-state index in [1.807, 2.05) is 30.3 Å². The summed E-state index contributed by atoms with van der Waals surface area (Å²) in [5.74, 6) is -0.503. The molecule has 0 saturated carbocycles. The molecule has 0 saturated heterocycles. The predicted octanol–water partition coefficient (Wildman–Crippen LogP) is 30.5. The third-order valence-electron chi connectivity index (χ3n) is 23.7. The first kappa shape index (κ1) is 67.3. The number of rotatable bonds is 9. The molecule has 0 amide bonds. The van der Waals surface area contributed by atoms with Crippen LogP contribution in [0.25, 0.3) is 154 Å². The summed E-state index contributed by atoms with van der Waals surface area (Å²) in [5, 5.41) is 13.5. The largest absolute Gasteiger partial charge is 0.353 e. The number of hydrogen-bond donors (Lipinski definition) is 1. The summed E-state index contributed by atoms with van der Waals surface area (Å²) in [7, 11) is 0. The van der Waals surface area contributed by atoms with E-state index in [9.17, 15) is 4.39 Å². The van der Waals surface area contributed by atoms with E-state index >= 15 is 4.39 Å². The van der Waals surface area contributed by atoms with Gasteiger partial charge in [-0.15, -0.1) is 0 Å². The van der Waals surface area contributed by atoms with E-state index in [0.717, 1.165) is 32.7 Å². The fraction of sp³-hybridized carbons (Fsp3) is 0.0566. The number of anilines is 5. The summed E-state index contributed by atoms with van der Waals surface area (Å²) in [6.07, 6.45) is 0. The van der Waals surface area contributed by atoms with Crippen molar-refractivity contribution in [3.05, 3.63) is 402 Å². The number of benzene rings is 18. The van der Waals surface area contributed by atoms with Crippen molar-refractivity contribution in [3.8, 4) is 111 Å². The average Bonchev–Trinajstić information content (AvgIpc) is 1.57. The van der Waals surface area contributed by atoms with Crippen molar-refractivity contribution < 1.29 is 8.78 Å². The third kappa shape index (κ3) is 10.8. The Balaban J connectivity index is 0.000000121. The lowest BCUT2D eigenvalue weighted by atomic mass is 9.82. The highest BCUT2D eigenvalue weighted by molar-refractivity contribution is 9.10. The molecule has 4 aliphatic rings. The van der Waals surface area contributed by atoms with Gasteiger partial charge in [0.15, 0.2) is 0 Å². The van der Waals surface area contributed by atoms with Crippen LogP contribution in [0.1, 0.15) is 49.9 Å². The van der Waals surface area contributed by atoms with Crippen LogP contribution in [0, 0.1) is 11.6 Å². The van der Waals surface area contributed by atoms with Crippen LogP contribution in [0.4, 0.5) is 37.2 Å². The molecule has 0 radical (unpaired) electrons. The van der Waals surface area contributed by atoms with Crippen molar-refractivity contribution in [3.63, 3.8) is 0 Å². The molecule has 0 aliphatic heterocycles. The normalized spacial score (nSPS) is 13.0. The van der Waals surface area contributed by atoms with Gasteiger partial charge in [-0.05, 0) is 226 Å². The quantitative estimate of drug-likeness (QED) is 0.155. The van der Waals surface area contributed by atoms with Crippen LogP contribution in [0.3, 0.4) is 0 Å². The molecule has 2 nitrogen and oxygen atoms in total. The van der Waals surface area contributed by atoms with E-state index in [0.29, 0.717) is 11.4 Å². The molecular weight excluding hydrogens is 1420 g/mol. The second-order valence-corrected chi connectivity index (χ2v) is 31.4. The molecule has 0 aromatic heterocycles. The molecule has 0 spiro atoms. The van der Waals surface area contributed by atoms with Crippen LogP contribution in [0.5, 0.6) is 0 Å². The number of nitrogens with one attached hydrogen (secondary N) is 1. The topological polar surface area (TPSA) is 15.3 Å². The zero-order valence-electron chi connectivity index (χ0n) is 61.7. The van der Waals surface area contributed by atoms with E-state index in [1.54, 1.807) is 24.3 Å². The number of para-hydroxylation sites is 2. The Morgan fingerprint density at radius 1 is 0.252 bits per heavy atom. The molecule has 4 aliphatic carbocycles. The minimum atomic E-state index is -0.263. The van der Waals surface area contributed by atoms with Gasteiger partial charge in [0, 0.05) is 37.8 Å². The maximum atomic E-state index is 16.1. The van der Waals surface area contributed by atoms with Crippen LogP contribution in [-0.2, 0) is 10.8 Å². The highest BCUT2D eigenvalue weighted by Crippen LogP contribution is 2.61. The van der Waals surface area contributed by atoms with Gasteiger partial charge >= 0.3 is 0 Å². The first-order valence-electron chi connectivity index (χ1n) is 38.1. The van der Waals surface area contributed by atoms with Crippen LogP contribution < -0.4 is 10.2 Å². The van der Waals surface area contributed by atoms with Gasteiger partial charge in [0.25, 0.3) is 0 Å². The molecule has 111 heavy (non-hydrogen) atoms. The lowest BCUT2D eigenvalue weighted by Gasteiger charge is -2.29. The standard InChI is InChI=1S/C53H36FN.C32H19Br.C21H18FN/c1-53(2)42-24-9-8-21-39(42)50-43(53)25-14-28-46(50)55(45-27-11-10-26-44(45)54)36-31-29-35(30-32-36)49-38-20-7-6-19-37(38)48(34-15-4-3-5-16-34)51-40-22-12-17-33-18-13-23-41(47(33)40)52(49)51;33-23-18-16-22(17-19-23)30-25-13-5-4-12-24(25)29(21-8-2-1-3-9-21)31-26-14-6-10-20-11-7-15-27(28(20)26)32(30)31;1-21(2)15-9-4-3-8-14(15)20-16(21)10-7-13-19(20)23-18-12-6-5-11-17(18)22/h3-32H,1-2H3;1-19H;3-13,23H,1-2H3. The van der Waals surface area contributed by atoms with Crippen LogP contribution in [0.15, 0.2) is 368 Å². The SMILES string of the molecule is Brc1ccc(-c2c3c(c(-c4ccccc4)c4ccccc24)-c2cccc4cccc-3c24)cc1.CC1(C)c2ccccc2-c2c(N(c3ccc(-c4c5c(c(-c6ccccc6)c6ccccc46)-c4cccc6cccc-5c46)cc3)c3ccccc3F)cccc21.CC1(C)c2ccccc2-c2c(Nc3ccccc3F)cccc21. The van der Waals surface area contributed by atoms with Gasteiger partial charge in [0.05, 0.1) is 17.1 Å². The first-order chi connectivity index (χ1) is 54.4. The van der Waals surface area contributed by atoms with Crippen molar-refractivity contribution in [2.45, 2.75) is 38.5 Å². The van der Waals surface area contributed by atoms with Gasteiger partial charge in [-0.3, -0.25) is 0 Å². The molecule has 22 rings (SSSR count). The summed E-state index contributed by atoms with van der Waals surface area (Å²) >= 11 is 3.62. The molecule has 0 bridgehead atoms. The maximum absolute atomic E-state index is 16.1. The predicted molar refractivity (Wildman–Crippen MR) is 467 cm³/mol. The van der Waals surface area contributed by atoms with Crippen LogP contribution in [-0.4, -0.2) is 0 Å². The Morgan fingerprint density at radius 3 is 1.05 bits per heavy atom. The van der Waals surface area contributed by atoms with Gasteiger partial charge in [-0.25, -0.2) is 8.78 Å². The molecule has 0 heterocycles. The number of fused-ring (bicyclic) bond motifs is 14. The second-order valence-electron chi connectivity index (χ2n) is 30.5. The first-order valence-corrected chi connectivity index (χ1v) is 38.9. The van der Waals surface area contributed by atoms with E-state index in [2.05, 4.69) is 357 Å². The third-order valence-corrected chi connectivity index (χ3v) is 24.2. The Hall–Kier alpha value is -13.1. The maximum Gasteiger partial charge on any atom is 0.147 e. The molecule has 0 unspecified atom stereocenters. The zero-order chi connectivity index (χ0) is 74.8. The molecule has 18 aromatic carbocycles. The van der Waals surface area contributed by atoms with Gasteiger partial charge in [0.1, 0.15) is 11.6 Å². The molecule has 0 atom stereocenters. The zero-order valence-corrected chi connectivity index (χ0v) is 63.3. The fourth-order valence-electron chi connectivity index (χ4n) is 18.8. The van der Waals surface area contributed by atoms with Crippen molar-refractivity contribution in [2.75, 3.05) is 10.2 Å². The monoisotopic (exact) mass is 1490 g/mol. The van der Waals surface area contributed by atoms with Gasteiger partial charge in [0.2, 0.25) is 0 Å². The van der Waals surface area contributed by atoms with E-state index < -0.39 is 0 Å². The molecule has 5 heteroatoms. The summed E-state index contributed by atoms with van der Waals surface area (Å²) in [6, 6.07) is 128. The number of nitrogens with zero attached hydrogens (tertiary/aromatic N) is 1. The minimum absolute atomic E-state index is 0.0428. The minimum Gasteiger partial charge on any atom is -0.353 e. The Kier molecular flexibility index (Phi) is 16.2. The number of hydrogen-bond acceptors (Lipinski definition) is 2. The van der Waals surface area contributed by atoms with Crippen molar-refractivity contribution in [1.29, 1.82) is 0 Å².